The minimum atomic E-state index is -0.297. The van der Waals surface area contributed by atoms with Gasteiger partial charge in [-0.25, -0.2) is 4.79 Å². The molecular weight excluding hydrogens is 278 g/mol. The first-order valence-corrected chi connectivity index (χ1v) is 7.35. The summed E-state index contributed by atoms with van der Waals surface area (Å²) >= 11 is 0. The highest BCUT2D eigenvalue weighted by atomic mass is 16.2. The van der Waals surface area contributed by atoms with Crippen LogP contribution < -0.4 is 10.6 Å². The van der Waals surface area contributed by atoms with Gasteiger partial charge in [-0.15, -0.1) is 0 Å². The van der Waals surface area contributed by atoms with Gasteiger partial charge in [-0.3, -0.25) is 4.79 Å². The van der Waals surface area contributed by atoms with Crippen LogP contribution in [0, 0.1) is 0 Å². The average molecular weight is 293 g/mol. The van der Waals surface area contributed by atoms with Crippen LogP contribution in [0.3, 0.4) is 0 Å². The largest absolute Gasteiger partial charge is 0.323 e. The third-order valence-corrected chi connectivity index (χ3v) is 4.14. The predicted molar refractivity (Wildman–Crippen MR) is 85.4 cm³/mol. The van der Waals surface area contributed by atoms with Gasteiger partial charge in [0.05, 0.1) is 16.6 Å². The Morgan fingerprint density at radius 2 is 1.91 bits per heavy atom. The van der Waals surface area contributed by atoms with Crippen molar-refractivity contribution < 1.29 is 4.79 Å². The summed E-state index contributed by atoms with van der Waals surface area (Å²) < 4.78 is 0. The molecule has 5 heteroatoms. The van der Waals surface area contributed by atoms with Gasteiger partial charge < -0.3 is 14.9 Å². The van der Waals surface area contributed by atoms with E-state index in [1.165, 1.54) is 5.56 Å². The Hall–Kier alpha value is -2.82. The van der Waals surface area contributed by atoms with Gasteiger partial charge in [-0.05, 0) is 36.6 Å². The number of carbonyl (C=O) groups excluding carboxylic acids is 1. The van der Waals surface area contributed by atoms with Gasteiger partial charge in [0.15, 0.2) is 0 Å². The molecule has 1 aliphatic rings. The smallest absolute Gasteiger partial charge is 0.308 e. The summed E-state index contributed by atoms with van der Waals surface area (Å²) in [6.07, 6.45) is 1.94. The van der Waals surface area contributed by atoms with Crippen molar-refractivity contribution in [3.05, 3.63) is 64.1 Å². The summed E-state index contributed by atoms with van der Waals surface area (Å²) in [5.41, 5.74) is 3.61. The lowest BCUT2D eigenvalue weighted by Crippen LogP contribution is -2.35. The normalized spacial score (nSPS) is 14.1. The maximum absolute atomic E-state index is 13.0. The first-order valence-electron chi connectivity index (χ1n) is 7.35. The number of amides is 1. The molecular formula is C17H15N3O2. The van der Waals surface area contributed by atoms with Gasteiger partial charge in [-0.2, -0.15) is 0 Å². The minimum absolute atomic E-state index is 0.0759. The van der Waals surface area contributed by atoms with E-state index in [4.69, 9.17) is 0 Å². The molecule has 2 heterocycles. The van der Waals surface area contributed by atoms with E-state index in [-0.39, 0.29) is 11.6 Å². The van der Waals surface area contributed by atoms with Gasteiger partial charge in [0.2, 0.25) is 0 Å². The maximum Gasteiger partial charge on any atom is 0.323 e. The number of hydrogen-bond donors (Lipinski definition) is 2. The molecule has 3 aromatic rings. The number of anilines is 1. The van der Waals surface area contributed by atoms with Crippen molar-refractivity contribution in [2.45, 2.75) is 12.8 Å². The van der Waals surface area contributed by atoms with E-state index in [0.29, 0.717) is 23.1 Å². The number of nitrogens with one attached hydrogen (secondary N) is 2. The van der Waals surface area contributed by atoms with Gasteiger partial charge >= 0.3 is 5.69 Å². The predicted octanol–water partition coefficient (Wildman–Crippen LogP) is 2.45. The van der Waals surface area contributed by atoms with Crippen molar-refractivity contribution in [2.75, 3.05) is 11.4 Å². The molecule has 0 saturated heterocycles. The van der Waals surface area contributed by atoms with Crippen LogP contribution in [0.15, 0.2) is 47.3 Å². The number of para-hydroxylation sites is 2. The Bertz CT molecular complexity index is 923. The fraction of sp³-hybridized carbons (Fsp3) is 0.176. The summed E-state index contributed by atoms with van der Waals surface area (Å²) in [7, 11) is 0. The molecule has 110 valence electrons. The van der Waals surface area contributed by atoms with Crippen LogP contribution in [0.4, 0.5) is 5.69 Å². The zero-order valence-corrected chi connectivity index (χ0v) is 11.9. The molecule has 2 aromatic carbocycles. The molecule has 0 radical (unpaired) electrons. The van der Waals surface area contributed by atoms with Crippen LogP contribution in [-0.4, -0.2) is 22.4 Å². The number of fused-ring (bicyclic) bond motifs is 2. The number of aromatic amines is 2. The van der Waals surface area contributed by atoms with Crippen molar-refractivity contribution in [3.63, 3.8) is 0 Å². The maximum atomic E-state index is 13.0. The van der Waals surface area contributed by atoms with Crippen molar-refractivity contribution in [3.8, 4) is 0 Å². The number of aryl methyl sites for hydroxylation is 1. The second kappa shape index (κ2) is 4.87. The Morgan fingerprint density at radius 3 is 2.82 bits per heavy atom. The lowest BCUT2D eigenvalue weighted by atomic mass is 10.0. The molecule has 1 aromatic heterocycles. The molecule has 22 heavy (non-hydrogen) atoms. The number of carbonyl (C=O) groups is 1. The van der Waals surface area contributed by atoms with Gasteiger partial charge in [0.25, 0.3) is 5.91 Å². The summed E-state index contributed by atoms with van der Waals surface area (Å²) in [4.78, 5) is 31.7. The number of rotatable bonds is 1. The molecule has 0 fully saturated rings. The first-order chi connectivity index (χ1) is 10.7. The fourth-order valence-electron chi connectivity index (χ4n) is 3.13. The first kappa shape index (κ1) is 12.9. The highest BCUT2D eigenvalue weighted by molar-refractivity contribution is 6.13. The molecule has 0 atom stereocenters. The number of H-pyrrole nitrogens is 2. The van der Waals surface area contributed by atoms with E-state index in [1.807, 2.05) is 18.2 Å². The average Bonchev–Trinajstić information content (AvgIpc) is 2.93. The van der Waals surface area contributed by atoms with E-state index in [1.54, 1.807) is 23.1 Å². The number of imidazole rings is 1. The standard InChI is InChI=1S/C17H15N3O2/c21-16(12-7-3-8-13-15(12)19-17(22)18-13)20-10-4-6-11-5-1-2-9-14(11)20/h1-3,5,7-9H,4,6,10H2,(H2,18,19,22). The molecule has 5 nitrogen and oxygen atoms in total. The molecule has 2 N–H and O–H groups in total. The third-order valence-electron chi connectivity index (χ3n) is 4.14. The minimum Gasteiger partial charge on any atom is -0.308 e. The van der Waals surface area contributed by atoms with Crippen LogP contribution in [-0.2, 0) is 6.42 Å². The van der Waals surface area contributed by atoms with Crippen molar-refractivity contribution in [1.82, 2.24) is 9.97 Å². The quantitative estimate of drug-likeness (QED) is 0.723. The highest BCUT2D eigenvalue weighted by Gasteiger charge is 2.24. The van der Waals surface area contributed by atoms with Crippen molar-refractivity contribution >= 4 is 22.6 Å². The van der Waals surface area contributed by atoms with Crippen LogP contribution in [0.25, 0.3) is 11.0 Å². The van der Waals surface area contributed by atoms with Gasteiger partial charge in [0, 0.05) is 12.2 Å². The van der Waals surface area contributed by atoms with E-state index in [9.17, 15) is 9.59 Å². The monoisotopic (exact) mass is 293 g/mol. The number of benzene rings is 2. The molecule has 0 aliphatic carbocycles. The zero-order chi connectivity index (χ0) is 15.1. The van der Waals surface area contributed by atoms with E-state index in [2.05, 4.69) is 16.0 Å². The SMILES string of the molecule is O=C(c1cccc2[nH]c(=O)[nH]c12)N1CCCc2ccccc21. The van der Waals surface area contributed by atoms with Crippen LogP contribution in [0.1, 0.15) is 22.3 Å². The summed E-state index contributed by atoms with van der Waals surface area (Å²) in [6.45, 7) is 0.695. The second-order valence-electron chi connectivity index (χ2n) is 5.50. The number of nitrogens with zero attached hydrogens (tertiary/aromatic N) is 1. The zero-order valence-electron chi connectivity index (χ0n) is 11.9. The Labute approximate surface area is 126 Å². The Kier molecular flexibility index (Phi) is 2.85. The van der Waals surface area contributed by atoms with Crippen LogP contribution in [0.2, 0.25) is 0 Å². The lowest BCUT2D eigenvalue weighted by molar-refractivity contribution is 0.0986. The molecule has 0 unspecified atom stereocenters. The summed E-state index contributed by atoms with van der Waals surface area (Å²) in [6, 6.07) is 13.3. The van der Waals surface area contributed by atoms with E-state index < -0.39 is 0 Å². The third kappa shape index (κ3) is 1.94. The van der Waals surface area contributed by atoms with Crippen molar-refractivity contribution in [2.24, 2.45) is 0 Å². The van der Waals surface area contributed by atoms with E-state index in [0.717, 1.165) is 18.5 Å². The van der Waals surface area contributed by atoms with Crippen LogP contribution in [0.5, 0.6) is 0 Å². The lowest BCUT2D eigenvalue weighted by Gasteiger charge is -2.29. The Morgan fingerprint density at radius 1 is 1.05 bits per heavy atom. The highest BCUT2D eigenvalue weighted by Crippen LogP contribution is 2.29. The summed E-state index contributed by atoms with van der Waals surface area (Å²) in [5, 5.41) is 0. The van der Waals surface area contributed by atoms with Gasteiger partial charge in [-0.1, -0.05) is 24.3 Å². The second-order valence-corrected chi connectivity index (χ2v) is 5.50. The molecule has 0 saturated carbocycles. The van der Waals surface area contributed by atoms with Crippen LogP contribution >= 0.6 is 0 Å². The number of aromatic nitrogens is 2. The molecule has 0 spiro atoms. The Balaban J connectivity index is 1.83. The molecule has 4 rings (SSSR count). The molecule has 1 aliphatic heterocycles. The molecule has 0 bridgehead atoms. The van der Waals surface area contributed by atoms with E-state index >= 15 is 0 Å². The molecule has 1 amide bonds. The van der Waals surface area contributed by atoms with Gasteiger partial charge in [0.1, 0.15) is 0 Å². The topological polar surface area (TPSA) is 69.0 Å². The fourth-order valence-corrected chi connectivity index (χ4v) is 3.13. The van der Waals surface area contributed by atoms with Crippen molar-refractivity contribution in [1.29, 1.82) is 0 Å². The summed E-state index contributed by atoms with van der Waals surface area (Å²) in [5.74, 6) is -0.0759. The number of hydrogen-bond acceptors (Lipinski definition) is 2.